The van der Waals surface area contributed by atoms with Gasteiger partial charge in [-0.25, -0.2) is 4.99 Å². The molecule has 0 heterocycles. The molecular formula is C35H51N11O5. The van der Waals surface area contributed by atoms with Crippen LogP contribution in [0, 0.1) is 6.92 Å². The number of benzene rings is 2. The van der Waals surface area contributed by atoms with Gasteiger partial charge >= 0.3 is 0 Å². The maximum atomic E-state index is 14.0. The molecule has 0 saturated carbocycles. The van der Waals surface area contributed by atoms with E-state index < -0.39 is 47.5 Å². The number of aryl methyl sites for hydroxylation is 1. The number of carbonyl (C=O) groups excluding carboxylic acids is 5. The SMILES string of the molecule is CC(=Nc1ccccc1C)C(=O)[C@H](CCCN=C(N)N)NC(=O)[C@H](Cc1ccccc1)NC(=O)[C@H](CCC(N)=O)NC(=O)CCCCN=C(N)N. The third-order valence-electron chi connectivity index (χ3n) is 7.69. The Balaban J connectivity index is 2.33. The molecule has 51 heavy (non-hydrogen) atoms. The number of nitrogens with two attached hydrogens (primary N) is 5. The Labute approximate surface area is 298 Å². The van der Waals surface area contributed by atoms with Crippen LogP contribution in [-0.2, 0) is 30.4 Å². The molecule has 16 heteroatoms. The van der Waals surface area contributed by atoms with Crippen LogP contribution in [0.15, 0.2) is 69.6 Å². The van der Waals surface area contributed by atoms with Crippen molar-refractivity contribution in [1.29, 1.82) is 0 Å². The highest BCUT2D eigenvalue weighted by molar-refractivity contribution is 6.41. The fourth-order valence-electron chi connectivity index (χ4n) is 4.98. The van der Waals surface area contributed by atoms with Crippen LogP contribution in [0.5, 0.6) is 0 Å². The molecule has 0 radical (unpaired) electrons. The Hall–Kier alpha value is -5.80. The van der Waals surface area contributed by atoms with E-state index in [0.717, 1.165) is 11.1 Å². The molecule has 0 aliphatic rings. The summed E-state index contributed by atoms with van der Waals surface area (Å²) in [5.41, 5.74) is 29.3. The highest BCUT2D eigenvalue weighted by Crippen LogP contribution is 2.18. The number of rotatable bonds is 22. The van der Waals surface area contributed by atoms with Gasteiger partial charge in [-0.05, 0) is 63.1 Å². The maximum Gasteiger partial charge on any atom is 0.243 e. The van der Waals surface area contributed by atoms with Gasteiger partial charge in [-0.2, -0.15) is 0 Å². The van der Waals surface area contributed by atoms with E-state index >= 15 is 0 Å². The number of primary amides is 1. The van der Waals surface area contributed by atoms with E-state index in [9.17, 15) is 24.0 Å². The highest BCUT2D eigenvalue weighted by Gasteiger charge is 2.30. The van der Waals surface area contributed by atoms with Crippen molar-refractivity contribution in [2.75, 3.05) is 13.1 Å². The predicted octanol–water partition coefficient (Wildman–Crippen LogP) is 0.116. The number of hydrogen-bond acceptors (Lipinski definition) is 8. The lowest BCUT2D eigenvalue weighted by molar-refractivity contribution is -0.133. The number of nitrogens with zero attached hydrogens (tertiary/aromatic N) is 3. The first kappa shape index (κ1) is 41.4. The van der Waals surface area contributed by atoms with Gasteiger partial charge in [-0.15, -0.1) is 0 Å². The Bertz CT molecular complexity index is 1570. The lowest BCUT2D eigenvalue weighted by Crippen LogP contribution is -2.57. The first-order chi connectivity index (χ1) is 24.3. The smallest absolute Gasteiger partial charge is 0.243 e. The lowest BCUT2D eigenvalue weighted by atomic mass is 10.00. The van der Waals surface area contributed by atoms with Crippen molar-refractivity contribution >= 4 is 52.7 Å². The van der Waals surface area contributed by atoms with E-state index in [0.29, 0.717) is 31.5 Å². The molecule has 0 unspecified atom stereocenters. The molecule has 0 fully saturated rings. The van der Waals surface area contributed by atoms with Crippen LogP contribution in [0.2, 0.25) is 0 Å². The number of aliphatic imine (C=N–C) groups is 3. The van der Waals surface area contributed by atoms with Gasteiger partial charge < -0.3 is 44.6 Å². The summed E-state index contributed by atoms with van der Waals surface area (Å²) in [5, 5.41) is 8.18. The van der Waals surface area contributed by atoms with Crippen molar-refractivity contribution in [3.05, 3.63) is 65.7 Å². The molecule has 0 saturated heterocycles. The molecule has 276 valence electrons. The number of para-hydroxylation sites is 1. The fraction of sp³-hybridized carbons (Fsp3) is 0.429. The molecule has 4 amide bonds. The van der Waals surface area contributed by atoms with Gasteiger partial charge in [0.15, 0.2) is 17.7 Å². The summed E-state index contributed by atoms with van der Waals surface area (Å²) in [6.07, 6.45) is 1.35. The number of guanidine groups is 2. The van der Waals surface area contributed by atoms with Crippen LogP contribution in [0.1, 0.15) is 63.0 Å². The summed E-state index contributed by atoms with van der Waals surface area (Å²) in [6, 6.07) is 12.9. The van der Waals surface area contributed by atoms with Gasteiger partial charge in [0.05, 0.1) is 17.4 Å². The van der Waals surface area contributed by atoms with Gasteiger partial charge in [-0.3, -0.25) is 34.0 Å². The minimum Gasteiger partial charge on any atom is -0.370 e. The number of Topliss-reactive ketones (excluding diaryl/α,β-unsaturated/α-hetero) is 1. The second-order valence-corrected chi connectivity index (χ2v) is 12.0. The van der Waals surface area contributed by atoms with E-state index in [4.69, 9.17) is 28.7 Å². The summed E-state index contributed by atoms with van der Waals surface area (Å²) < 4.78 is 0. The molecule has 0 bridgehead atoms. The number of ketones is 1. The molecule has 2 aromatic rings. The van der Waals surface area contributed by atoms with Gasteiger partial charge in [0.25, 0.3) is 0 Å². The van der Waals surface area contributed by atoms with Crippen LogP contribution >= 0.6 is 0 Å². The quantitative estimate of drug-likeness (QED) is 0.0468. The monoisotopic (exact) mass is 705 g/mol. The van der Waals surface area contributed by atoms with Crippen LogP contribution in [0.4, 0.5) is 5.69 Å². The minimum atomic E-state index is -1.17. The maximum absolute atomic E-state index is 14.0. The van der Waals surface area contributed by atoms with Crippen molar-refractivity contribution in [2.45, 2.75) is 83.3 Å². The van der Waals surface area contributed by atoms with Crippen molar-refractivity contribution < 1.29 is 24.0 Å². The summed E-state index contributed by atoms with van der Waals surface area (Å²) in [5.74, 6) is -3.03. The molecule has 13 N–H and O–H groups in total. The fourth-order valence-corrected chi connectivity index (χ4v) is 4.98. The van der Waals surface area contributed by atoms with Gasteiger partial charge in [-0.1, -0.05) is 48.5 Å². The van der Waals surface area contributed by atoms with Gasteiger partial charge in [0.2, 0.25) is 23.6 Å². The van der Waals surface area contributed by atoms with Crippen molar-refractivity contribution in [3.63, 3.8) is 0 Å². The highest BCUT2D eigenvalue weighted by atomic mass is 16.2. The van der Waals surface area contributed by atoms with Crippen LogP contribution in [-0.4, -0.2) is 78.3 Å². The summed E-state index contributed by atoms with van der Waals surface area (Å²) >= 11 is 0. The zero-order chi connectivity index (χ0) is 37.8. The van der Waals surface area contributed by atoms with E-state index in [1.165, 1.54) is 0 Å². The third kappa shape index (κ3) is 16.4. The van der Waals surface area contributed by atoms with E-state index in [2.05, 4.69) is 30.9 Å². The first-order valence-electron chi connectivity index (χ1n) is 16.7. The number of amides is 4. The molecule has 2 rings (SSSR count). The Morgan fingerprint density at radius 3 is 1.88 bits per heavy atom. The largest absolute Gasteiger partial charge is 0.370 e. The number of nitrogens with one attached hydrogen (secondary N) is 3. The standard InChI is InChI=1S/C35H51N11O5/c1-22-11-6-7-14-25(22)43-23(2)31(49)26(15-10-20-42-35(39)40)45-33(51)28(21-24-12-4-3-5-13-24)46-32(50)27(17-18-29(36)47)44-30(48)16-8-9-19-41-34(37)38/h3-7,11-14,26-28H,8-10,15-21H2,1-2H3,(H2,36,47)(H,44,48)(H,45,51)(H,46,50)(H4,37,38,41)(H4,39,40,42)/t26-,27-,28-/m0/s1. The molecule has 0 aromatic heterocycles. The summed E-state index contributed by atoms with van der Waals surface area (Å²) in [7, 11) is 0. The molecule has 2 aromatic carbocycles. The third-order valence-corrected chi connectivity index (χ3v) is 7.69. The average molecular weight is 706 g/mol. The zero-order valence-corrected chi connectivity index (χ0v) is 29.3. The van der Waals surface area contributed by atoms with Crippen LogP contribution < -0.4 is 44.6 Å². The van der Waals surface area contributed by atoms with Crippen molar-refractivity contribution in [2.24, 2.45) is 43.6 Å². The minimum absolute atomic E-state index is 0.0519. The van der Waals surface area contributed by atoms with Gasteiger partial charge in [0.1, 0.15) is 12.1 Å². The Morgan fingerprint density at radius 1 is 0.667 bits per heavy atom. The topological polar surface area (TPSA) is 289 Å². The number of hydrogen-bond donors (Lipinski definition) is 8. The van der Waals surface area contributed by atoms with Gasteiger partial charge in [0, 0.05) is 32.4 Å². The van der Waals surface area contributed by atoms with E-state index in [-0.39, 0.29) is 56.3 Å². The lowest BCUT2D eigenvalue weighted by Gasteiger charge is -2.25. The van der Waals surface area contributed by atoms with Crippen LogP contribution in [0.3, 0.4) is 0 Å². The molecule has 0 spiro atoms. The second-order valence-electron chi connectivity index (χ2n) is 12.0. The first-order valence-corrected chi connectivity index (χ1v) is 16.7. The second kappa shape index (κ2) is 22.0. The predicted molar refractivity (Wildman–Crippen MR) is 198 cm³/mol. The molecule has 0 aliphatic heterocycles. The van der Waals surface area contributed by atoms with E-state index in [1.54, 1.807) is 37.3 Å². The Kier molecular flexibility index (Phi) is 17.9. The summed E-state index contributed by atoms with van der Waals surface area (Å²) in [6.45, 7) is 4.00. The Morgan fingerprint density at radius 2 is 1.25 bits per heavy atom. The number of carbonyl (C=O) groups is 5. The molecule has 3 atom stereocenters. The van der Waals surface area contributed by atoms with E-state index in [1.807, 2.05) is 31.2 Å². The van der Waals surface area contributed by atoms with Crippen LogP contribution in [0.25, 0.3) is 0 Å². The normalized spacial score (nSPS) is 12.8. The van der Waals surface area contributed by atoms with Crippen molar-refractivity contribution in [3.8, 4) is 0 Å². The zero-order valence-electron chi connectivity index (χ0n) is 29.3. The molecular weight excluding hydrogens is 654 g/mol. The molecule has 0 aliphatic carbocycles. The average Bonchev–Trinajstić information content (AvgIpc) is 3.08. The summed E-state index contributed by atoms with van der Waals surface area (Å²) in [4.78, 5) is 78.1. The molecule has 16 nitrogen and oxygen atoms in total. The van der Waals surface area contributed by atoms with Crippen molar-refractivity contribution in [1.82, 2.24) is 16.0 Å². The number of unbranched alkanes of at least 4 members (excludes halogenated alkanes) is 1.